The molecule has 2 amide bonds. The molecule has 1 spiro atoms. The van der Waals surface area contributed by atoms with Gasteiger partial charge in [-0.3, -0.25) is 19.4 Å². The van der Waals surface area contributed by atoms with Crippen LogP contribution in [0.3, 0.4) is 0 Å². The van der Waals surface area contributed by atoms with Gasteiger partial charge in [-0.25, -0.2) is 8.78 Å². The zero-order valence-electron chi connectivity index (χ0n) is 28.8. The average molecular weight is 666 g/mol. The van der Waals surface area contributed by atoms with Crippen molar-refractivity contribution in [3.63, 3.8) is 0 Å². The number of unbranched alkanes of at least 4 members (excludes halogenated alkanes) is 2. The number of allylic oxidation sites excluding steroid dienone is 1. The predicted octanol–water partition coefficient (Wildman–Crippen LogP) is 3.02. The van der Waals surface area contributed by atoms with Crippen molar-refractivity contribution in [2.24, 2.45) is 28.7 Å². The van der Waals surface area contributed by atoms with Gasteiger partial charge in [-0.15, -0.1) is 0 Å². The van der Waals surface area contributed by atoms with Crippen molar-refractivity contribution >= 4 is 11.8 Å². The number of rotatable bonds is 11. The molecule has 268 valence electrons. The summed E-state index contributed by atoms with van der Waals surface area (Å²) >= 11 is 0. The molecule has 5 aliphatic rings. The molecular weight excluding hydrogens is 604 g/mol. The van der Waals surface area contributed by atoms with Gasteiger partial charge < -0.3 is 31.7 Å². The van der Waals surface area contributed by atoms with E-state index in [1.54, 1.807) is 7.11 Å². The first-order valence-electron chi connectivity index (χ1n) is 18.5. The summed E-state index contributed by atoms with van der Waals surface area (Å²) in [5.41, 5.74) is 12.6. The fourth-order valence-corrected chi connectivity index (χ4v) is 9.27. The minimum absolute atomic E-state index is 0.0362. The Kier molecular flexibility index (Phi) is 12.9. The second-order valence-corrected chi connectivity index (χ2v) is 15.2. The first-order chi connectivity index (χ1) is 22.6. The van der Waals surface area contributed by atoms with Crippen molar-refractivity contribution in [1.82, 2.24) is 25.3 Å². The van der Waals surface area contributed by atoms with Crippen LogP contribution in [0, 0.1) is 17.3 Å². The van der Waals surface area contributed by atoms with Gasteiger partial charge in [0, 0.05) is 57.9 Å². The lowest BCUT2D eigenvalue weighted by atomic mass is 9.72. The van der Waals surface area contributed by atoms with Crippen LogP contribution in [-0.4, -0.2) is 116 Å². The molecule has 47 heavy (non-hydrogen) atoms. The first-order valence-corrected chi connectivity index (χ1v) is 18.5. The third kappa shape index (κ3) is 9.04. The Morgan fingerprint density at radius 1 is 1.09 bits per heavy atom. The van der Waals surface area contributed by atoms with E-state index in [0.717, 1.165) is 70.9 Å². The molecule has 4 fully saturated rings. The van der Waals surface area contributed by atoms with Gasteiger partial charge in [0.1, 0.15) is 12.0 Å². The number of alkyl halides is 1. The number of halogens is 2. The molecule has 0 bridgehead atoms. The molecule has 0 aromatic rings. The molecule has 0 radical (unpaired) electrons. The minimum atomic E-state index is -1.16. The summed E-state index contributed by atoms with van der Waals surface area (Å²) in [6, 6.07) is -1.41. The molecule has 5 rings (SSSR count). The number of likely N-dealkylation sites (tertiary alicyclic amines) is 3. The van der Waals surface area contributed by atoms with Gasteiger partial charge in [0.15, 0.2) is 0 Å². The van der Waals surface area contributed by atoms with Gasteiger partial charge >= 0.3 is 0 Å². The molecule has 10 nitrogen and oxygen atoms in total. The number of hydrogen-bond acceptors (Lipinski definition) is 8. The third-order valence-electron chi connectivity index (χ3n) is 12.0. The quantitative estimate of drug-likeness (QED) is 0.196. The van der Waals surface area contributed by atoms with E-state index in [1.165, 1.54) is 6.20 Å². The Bertz CT molecular complexity index is 1070. The van der Waals surface area contributed by atoms with Crippen LogP contribution in [-0.2, 0) is 14.3 Å². The van der Waals surface area contributed by atoms with Gasteiger partial charge in [0.25, 0.3) is 0 Å². The summed E-state index contributed by atoms with van der Waals surface area (Å²) in [5, 5.41) is 6.44. The van der Waals surface area contributed by atoms with Crippen LogP contribution in [0.5, 0.6) is 0 Å². The molecule has 12 heteroatoms. The smallest absolute Gasteiger partial charge is 0.228 e. The maximum Gasteiger partial charge on any atom is 0.228 e. The molecule has 6 N–H and O–H groups in total. The third-order valence-corrected chi connectivity index (χ3v) is 12.0. The lowest BCUT2D eigenvalue weighted by Crippen LogP contribution is -2.68. The van der Waals surface area contributed by atoms with E-state index in [0.29, 0.717) is 58.4 Å². The van der Waals surface area contributed by atoms with Crippen LogP contribution < -0.4 is 22.1 Å². The van der Waals surface area contributed by atoms with Gasteiger partial charge in [-0.1, -0.05) is 32.6 Å². The minimum Gasteiger partial charge on any atom is -0.385 e. The summed E-state index contributed by atoms with van der Waals surface area (Å²) in [4.78, 5) is 33.7. The lowest BCUT2D eigenvalue weighted by molar-refractivity contribution is -0.137. The number of nitrogens with two attached hydrogens (primary N) is 2. The highest BCUT2D eigenvalue weighted by Gasteiger charge is 2.46. The Hall–Kier alpha value is -1.86. The number of carbonyl (C=O) groups is 2. The number of hydrogen-bond donors (Lipinski definition) is 4. The highest BCUT2D eigenvalue weighted by atomic mass is 19.1. The fraction of sp³-hybridized carbons (Fsp3) is 0.886. The van der Waals surface area contributed by atoms with E-state index in [2.05, 4.69) is 27.4 Å². The fourth-order valence-electron chi connectivity index (χ4n) is 9.27. The second-order valence-electron chi connectivity index (χ2n) is 15.2. The van der Waals surface area contributed by atoms with E-state index in [4.69, 9.17) is 16.2 Å². The van der Waals surface area contributed by atoms with Crippen molar-refractivity contribution < 1.29 is 23.1 Å². The van der Waals surface area contributed by atoms with Gasteiger partial charge in [-0.2, -0.15) is 0 Å². The number of carbonyl (C=O) groups excluding carboxylic acids is 2. The zero-order chi connectivity index (χ0) is 33.6. The molecule has 4 heterocycles. The molecule has 4 aliphatic heterocycles. The molecule has 6 atom stereocenters. The van der Waals surface area contributed by atoms with Crippen molar-refractivity contribution in [1.29, 1.82) is 0 Å². The Morgan fingerprint density at radius 2 is 1.83 bits per heavy atom. The number of piperidine rings is 2. The van der Waals surface area contributed by atoms with Gasteiger partial charge in [0.05, 0.1) is 30.3 Å². The van der Waals surface area contributed by atoms with Gasteiger partial charge in [0.2, 0.25) is 11.8 Å². The summed E-state index contributed by atoms with van der Waals surface area (Å²) in [6.45, 7) is 6.34. The number of nitrogens with one attached hydrogen (secondary N) is 2. The summed E-state index contributed by atoms with van der Waals surface area (Å²) < 4.78 is 36.5. The first kappa shape index (κ1) is 36.4. The molecule has 3 saturated heterocycles. The molecule has 1 saturated carbocycles. The normalized spacial score (nSPS) is 32.9. The van der Waals surface area contributed by atoms with E-state index >= 15 is 4.39 Å². The van der Waals surface area contributed by atoms with Crippen LogP contribution in [0.4, 0.5) is 8.78 Å². The Morgan fingerprint density at radius 3 is 2.49 bits per heavy atom. The van der Waals surface area contributed by atoms with E-state index in [1.807, 2.05) is 4.90 Å². The SMILES string of the molecule is CCCCCN1CC(F)C(N2CCC(C(=O)N3CC[C@H](OC)C3)CC2)C(NC(=O)C(C(N)N)C2CC3(CCCC3)CC/C(F)=C\N2)C1. The van der Waals surface area contributed by atoms with Crippen molar-refractivity contribution in [2.75, 3.05) is 52.9 Å². The summed E-state index contributed by atoms with van der Waals surface area (Å²) in [7, 11) is 1.69. The second kappa shape index (κ2) is 16.7. The van der Waals surface area contributed by atoms with Crippen LogP contribution in [0.25, 0.3) is 0 Å². The van der Waals surface area contributed by atoms with Crippen molar-refractivity contribution in [3.05, 3.63) is 12.0 Å². The Balaban J connectivity index is 1.30. The molecule has 1 aliphatic carbocycles. The highest BCUT2D eigenvalue weighted by Crippen LogP contribution is 2.47. The standard InChI is InChI=1S/C35H61F2N7O3/c1-3-4-7-15-42-22-27(37)31(43-16-9-24(10-17-43)34(46)44-18-11-26(21-44)47-2)29(23-42)41-33(45)30(32(38)39)28-19-35(12-5-6-13-35)14-8-25(36)20-40-28/h20,24,26-32,40H,3-19,21-23,38-39H2,1-2H3,(H,41,45)/b25-20+/t26-,27?,28?,29?,30?,31?/m0/s1. The van der Waals surface area contributed by atoms with Crippen LogP contribution in [0.15, 0.2) is 12.0 Å². The van der Waals surface area contributed by atoms with E-state index in [-0.39, 0.29) is 35.1 Å². The highest BCUT2D eigenvalue weighted by molar-refractivity contribution is 5.81. The number of ether oxygens (including phenoxy) is 1. The number of methoxy groups -OCH3 is 1. The lowest BCUT2D eigenvalue weighted by Gasteiger charge is -2.48. The topological polar surface area (TPSA) is 129 Å². The molecule has 0 aromatic carbocycles. The number of amides is 2. The van der Waals surface area contributed by atoms with Crippen LogP contribution in [0.1, 0.15) is 90.4 Å². The largest absolute Gasteiger partial charge is 0.385 e. The predicted molar refractivity (Wildman–Crippen MR) is 179 cm³/mol. The Labute approximate surface area is 280 Å². The summed E-state index contributed by atoms with van der Waals surface area (Å²) in [5.74, 6) is -1.23. The van der Waals surface area contributed by atoms with Gasteiger partial charge in [-0.05, 0) is 76.4 Å². The molecular formula is C35H61F2N7O3. The van der Waals surface area contributed by atoms with Crippen molar-refractivity contribution in [2.45, 2.75) is 127 Å². The molecule has 0 aromatic heterocycles. The average Bonchev–Trinajstić information content (AvgIpc) is 3.72. The summed E-state index contributed by atoms with van der Waals surface area (Å²) in [6.07, 6.45) is 10.8. The maximum atomic E-state index is 16.3. The van der Waals surface area contributed by atoms with E-state index < -0.39 is 36.4 Å². The zero-order valence-corrected chi connectivity index (χ0v) is 28.8. The maximum absolute atomic E-state index is 16.3. The van der Waals surface area contributed by atoms with E-state index in [9.17, 15) is 14.0 Å². The van der Waals surface area contributed by atoms with Crippen LogP contribution >= 0.6 is 0 Å². The van der Waals surface area contributed by atoms with Crippen LogP contribution in [0.2, 0.25) is 0 Å². The monoisotopic (exact) mass is 665 g/mol. The molecule has 5 unspecified atom stereocenters. The van der Waals surface area contributed by atoms with Crippen molar-refractivity contribution in [3.8, 4) is 0 Å². The number of nitrogens with zero attached hydrogens (tertiary/aromatic N) is 3.